The minimum Gasteiger partial charge on any atom is -0.367 e. The number of aromatic nitrogens is 4. The Kier molecular flexibility index (Phi) is 9.42. The second-order valence-corrected chi connectivity index (χ2v) is 12.6. The van der Waals surface area contributed by atoms with Gasteiger partial charge in [-0.1, -0.05) is 74.0 Å². The molecule has 6 rings (SSSR count). The number of amides is 2. The van der Waals surface area contributed by atoms with E-state index < -0.39 is 6.04 Å². The van der Waals surface area contributed by atoms with Crippen LogP contribution in [0.15, 0.2) is 72.8 Å². The summed E-state index contributed by atoms with van der Waals surface area (Å²) in [5.41, 5.74) is 5.30. The predicted molar refractivity (Wildman–Crippen MR) is 175 cm³/mol. The number of fused-ring (bicyclic) bond motifs is 1. The van der Waals surface area contributed by atoms with Gasteiger partial charge in [0.1, 0.15) is 6.04 Å². The number of hydrogen-bond donors (Lipinski definition) is 2. The summed E-state index contributed by atoms with van der Waals surface area (Å²) >= 11 is 6.12. The fourth-order valence-corrected chi connectivity index (χ4v) is 6.37. The molecule has 10 nitrogen and oxygen atoms in total. The van der Waals surface area contributed by atoms with Gasteiger partial charge in [-0.25, -0.2) is 4.68 Å². The highest BCUT2D eigenvalue weighted by Gasteiger charge is 2.31. The first-order valence-corrected chi connectivity index (χ1v) is 16.0. The van der Waals surface area contributed by atoms with E-state index in [1.165, 1.54) is 5.56 Å². The Bertz CT molecular complexity index is 1630. The molecule has 1 saturated heterocycles. The van der Waals surface area contributed by atoms with E-state index in [-0.39, 0.29) is 24.3 Å². The van der Waals surface area contributed by atoms with Gasteiger partial charge in [-0.2, -0.15) is 0 Å². The summed E-state index contributed by atoms with van der Waals surface area (Å²) in [5.74, 6) is 0.915. The molecule has 0 spiro atoms. The Morgan fingerprint density at radius 1 is 0.978 bits per heavy atom. The summed E-state index contributed by atoms with van der Waals surface area (Å²) in [6.07, 6.45) is 0.653. The number of benzene rings is 3. The Morgan fingerprint density at radius 3 is 2.49 bits per heavy atom. The molecule has 11 heteroatoms. The number of nitrogens with one attached hydrogen (secondary N) is 2. The summed E-state index contributed by atoms with van der Waals surface area (Å²) in [6, 6.07) is 23.0. The van der Waals surface area contributed by atoms with Crippen LogP contribution in [-0.2, 0) is 29.1 Å². The molecule has 45 heavy (non-hydrogen) atoms. The zero-order valence-electron chi connectivity index (χ0n) is 25.7. The zero-order chi connectivity index (χ0) is 31.3. The summed E-state index contributed by atoms with van der Waals surface area (Å²) < 4.78 is 1.85. The van der Waals surface area contributed by atoms with Crippen LogP contribution in [0.2, 0.25) is 5.02 Å². The van der Waals surface area contributed by atoms with Crippen molar-refractivity contribution in [1.29, 1.82) is 0 Å². The van der Waals surface area contributed by atoms with Crippen LogP contribution in [-0.4, -0.2) is 69.1 Å². The van der Waals surface area contributed by atoms with Crippen LogP contribution in [0.1, 0.15) is 43.0 Å². The fraction of sp³-hybridized carbons (Fsp3) is 0.382. The first-order valence-electron chi connectivity index (χ1n) is 15.6. The van der Waals surface area contributed by atoms with E-state index in [0.717, 1.165) is 41.3 Å². The van der Waals surface area contributed by atoms with Crippen molar-refractivity contribution >= 4 is 29.1 Å². The van der Waals surface area contributed by atoms with Gasteiger partial charge in [-0.05, 0) is 57.3 Å². The smallest absolute Gasteiger partial charge is 0.245 e. The lowest BCUT2D eigenvalue weighted by Gasteiger charge is -2.38. The summed E-state index contributed by atoms with van der Waals surface area (Å²) in [6.45, 7) is 8.12. The van der Waals surface area contributed by atoms with Gasteiger partial charge in [0.15, 0.2) is 5.82 Å². The first-order chi connectivity index (χ1) is 21.9. The molecule has 1 fully saturated rings. The third-order valence-corrected chi connectivity index (χ3v) is 8.74. The predicted octanol–water partition coefficient (Wildman–Crippen LogP) is 4.26. The topological polar surface area (TPSA) is 108 Å². The largest absolute Gasteiger partial charge is 0.367 e. The van der Waals surface area contributed by atoms with E-state index in [1.807, 2.05) is 64.2 Å². The maximum absolute atomic E-state index is 14.0. The maximum atomic E-state index is 14.0. The van der Waals surface area contributed by atoms with Crippen molar-refractivity contribution in [2.45, 2.75) is 51.9 Å². The summed E-state index contributed by atoms with van der Waals surface area (Å²) in [7, 11) is 0. The normalized spacial score (nSPS) is 16.9. The highest BCUT2D eigenvalue weighted by atomic mass is 35.5. The van der Waals surface area contributed by atoms with E-state index in [2.05, 4.69) is 63.1 Å². The van der Waals surface area contributed by atoms with Crippen LogP contribution in [0.25, 0.3) is 11.4 Å². The van der Waals surface area contributed by atoms with Crippen LogP contribution >= 0.6 is 11.6 Å². The molecule has 2 aliphatic rings. The van der Waals surface area contributed by atoms with Crippen molar-refractivity contribution in [2.24, 2.45) is 5.92 Å². The van der Waals surface area contributed by atoms with Crippen LogP contribution < -0.4 is 15.5 Å². The number of para-hydroxylation sites is 1. The van der Waals surface area contributed by atoms with E-state index >= 15 is 0 Å². The third kappa shape index (κ3) is 7.18. The number of piperazine rings is 1. The van der Waals surface area contributed by atoms with Crippen molar-refractivity contribution in [3.05, 3.63) is 94.5 Å². The molecule has 4 aromatic rings. The summed E-state index contributed by atoms with van der Waals surface area (Å²) in [4.78, 5) is 31.5. The van der Waals surface area contributed by atoms with Gasteiger partial charge in [0.25, 0.3) is 0 Å². The Labute approximate surface area is 268 Å². The molecular weight excluding hydrogens is 588 g/mol. The molecule has 2 N–H and O–H groups in total. The maximum Gasteiger partial charge on any atom is 0.245 e. The first kappa shape index (κ1) is 30.7. The average molecular weight is 627 g/mol. The van der Waals surface area contributed by atoms with Gasteiger partial charge in [0, 0.05) is 74.4 Å². The van der Waals surface area contributed by atoms with Crippen LogP contribution in [0, 0.1) is 5.92 Å². The highest BCUT2D eigenvalue weighted by molar-refractivity contribution is 6.30. The number of anilines is 1. The standard InChI is InChI=1S/C34H39ClN8O2/c1-23(2)22-43-33(38-39-40-43)28-9-5-6-10-31(28)41-15-17-42(18-16-41)34(45)30(19-24-11-13-26(35)14-12-24)37-32(44)20-29-27-8-4-3-7-25(27)21-36-29/h3-14,23,29-30,36H,15-22H2,1-2H3,(H,37,44). The number of halogens is 1. The molecule has 0 bridgehead atoms. The van der Waals surface area contributed by atoms with Crippen molar-refractivity contribution in [1.82, 2.24) is 35.7 Å². The van der Waals surface area contributed by atoms with E-state index in [0.29, 0.717) is 43.5 Å². The Hall–Kier alpha value is -4.28. The van der Waals surface area contributed by atoms with Gasteiger partial charge in [-0.15, -0.1) is 5.10 Å². The molecule has 0 aliphatic carbocycles. The lowest BCUT2D eigenvalue weighted by Crippen LogP contribution is -2.55. The fourth-order valence-electron chi connectivity index (χ4n) is 6.25. The highest BCUT2D eigenvalue weighted by Crippen LogP contribution is 2.31. The van der Waals surface area contributed by atoms with Gasteiger partial charge in [0.05, 0.1) is 0 Å². The van der Waals surface area contributed by atoms with Crippen molar-refractivity contribution in [3.63, 3.8) is 0 Å². The number of tetrazole rings is 1. The molecule has 2 amide bonds. The lowest BCUT2D eigenvalue weighted by molar-refractivity contribution is -0.136. The Morgan fingerprint density at radius 2 is 1.71 bits per heavy atom. The monoisotopic (exact) mass is 626 g/mol. The van der Waals surface area contributed by atoms with Crippen LogP contribution in [0.4, 0.5) is 5.69 Å². The molecule has 3 heterocycles. The van der Waals surface area contributed by atoms with Gasteiger partial charge >= 0.3 is 0 Å². The quantitative estimate of drug-likeness (QED) is 0.271. The number of hydrogen-bond acceptors (Lipinski definition) is 7. The molecule has 1 aromatic heterocycles. The third-order valence-electron chi connectivity index (χ3n) is 8.49. The zero-order valence-corrected chi connectivity index (χ0v) is 26.5. The number of carbonyl (C=O) groups excluding carboxylic acids is 2. The van der Waals surface area contributed by atoms with Crippen LogP contribution in [0.3, 0.4) is 0 Å². The minimum absolute atomic E-state index is 0.0716. The molecule has 3 aromatic carbocycles. The van der Waals surface area contributed by atoms with Crippen molar-refractivity contribution in [3.8, 4) is 11.4 Å². The van der Waals surface area contributed by atoms with Crippen molar-refractivity contribution < 1.29 is 9.59 Å². The van der Waals surface area contributed by atoms with E-state index in [1.54, 1.807) is 0 Å². The SMILES string of the molecule is CC(C)Cn1nnnc1-c1ccccc1N1CCN(C(=O)C(Cc2ccc(Cl)cc2)NC(=O)CC2NCc3ccccc32)CC1. The second-order valence-electron chi connectivity index (χ2n) is 12.2. The van der Waals surface area contributed by atoms with Gasteiger partial charge in [-0.3, -0.25) is 9.59 Å². The van der Waals surface area contributed by atoms with Gasteiger partial charge in [0.2, 0.25) is 11.8 Å². The average Bonchev–Trinajstić information content (AvgIpc) is 3.68. The van der Waals surface area contributed by atoms with E-state index in [9.17, 15) is 9.59 Å². The Balaban J connectivity index is 1.14. The summed E-state index contributed by atoms with van der Waals surface area (Å²) in [5, 5.41) is 19.7. The number of rotatable bonds is 10. The molecular formula is C34H39ClN8O2. The second kappa shape index (κ2) is 13.8. The molecule has 2 unspecified atom stereocenters. The molecule has 0 radical (unpaired) electrons. The van der Waals surface area contributed by atoms with E-state index in [4.69, 9.17) is 11.6 Å². The molecule has 234 valence electrons. The number of carbonyl (C=O) groups is 2. The molecule has 2 aliphatic heterocycles. The van der Waals surface area contributed by atoms with Crippen molar-refractivity contribution in [2.75, 3.05) is 31.1 Å². The van der Waals surface area contributed by atoms with Gasteiger partial charge < -0.3 is 20.4 Å². The number of nitrogens with zero attached hydrogens (tertiary/aromatic N) is 6. The molecule has 0 saturated carbocycles. The van der Waals surface area contributed by atoms with Crippen LogP contribution in [0.5, 0.6) is 0 Å². The minimum atomic E-state index is -0.685. The lowest BCUT2D eigenvalue weighted by atomic mass is 10.0. The molecule has 2 atom stereocenters.